The summed E-state index contributed by atoms with van der Waals surface area (Å²) in [6.45, 7) is 7.17. The number of aryl methyl sites for hydroxylation is 1. The molecule has 0 bridgehead atoms. The summed E-state index contributed by atoms with van der Waals surface area (Å²) in [5.74, 6) is 0.369. The van der Waals surface area contributed by atoms with Gasteiger partial charge in [-0.2, -0.15) is 5.10 Å². The first-order chi connectivity index (χ1) is 10.3. The zero-order valence-electron chi connectivity index (χ0n) is 13.2. The highest BCUT2D eigenvalue weighted by Crippen LogP contribution is 2.26. The summed E-state index contributed by atoms with van der Waals surface area (Å²) in [7, 11) is 0. The summed E-state index contributed by atoms with van der Waals surface area (Å²) >= 11 is 0. The minimum atomic E-state index is -0.745. The molecule has 1 atom stereocenters. The Labute approximate surface area is 130 Å². The maximum Gasteiger partial charge on any atom is 0.307 e. The largest absolute Gasteiger partial charge is 0.481 e. The number of hydrogen-bond donors (Lipinski definition) is 1. The molecule has 0 spiro atoms. The summed E-state index contributed by atoms with van der Waals surface area (Å²) in [4.78, 5) is 15.6. The molecular formula is C17H21N3O2. The van der Waals surface area contributed by atoms with Gasteiger partial charge in [0.05, 0.1) is 5.92 Å². The van der Waals surface area contributed by atoms with Crippen molar-refractivity contribution in [1.29, 1.82) is 0 Å². The van der Waals surface area contributed by atoms with Crippen molar-refractivity contribution >= 4 is 5.97 Å². The van der Waals surface area contributed by atoms with Gasteiger partial charge in [-0.25, -0.2) is 9.67 Å². The third-order valence-corrected chi connectivity index (χ3v) is 4.23. The molecule has 0 amide bonds. The zero-order valence-corrected chi connectivity index (χ0v) is 13.2. The fourth-order valence-corrected chi connectivity index (χ4v) is 2.76. The Bertz CT molecular complexity index is 696. The lowest BCUT2D eigenvalue weighted by atomic mass is 9.87. The van der Waals surface area contributed by atoms with Crippen molar-refractivity contribution in [3.05, 3.63) is 35.7 Å². The molecule has 5 heteroatoms. The molecule has 0 saturated heterocycles. The molecule has 1 unspecified atom stereocenters. The van der Waals surface area contributed by atoms with Crippen LogP contribution in [0.2, 0.25) is 0 Å². The average molecular weight is 299 g/mol. The average Bonchev–Trinajstić information content (AvgIpc) is 2.89. The van der Waals surface area contributed by atoms with E-state index in [9.17, 15) is 4.79 Å². The number of aliphatic carboxylic acids is 1. The van der Waals surface area contributed by atoms with Gasteiger partial charge in [-0.15, -0.1) is 0 Å². The minimum absolute atomic E-state index is 0.119. The summed E-state index contributed by atoms with van der Waals surface area (Å²) in [6, 6.07) is 8.29. The lowest BCUT2D eigenvalue weighted by Crippen LogP contribution is -2.26. The van der Waals surface area contributed by atoms with E-state index in [-0.39, 0.29) is 11.3 Å². The molecule has 5 nitrogen and oxygen atoms in total. The van der Waals surface area contributed by atoms with E-state index in [1.165, 1.54) is 5.56 Å². The summed E-state index contributed by atoms with van der Waals surface area (Å²) in [6.07, 6.45) is 1.08. The van der Waals surface area contributed by atoms with Crippen LogP contribution in [0.15, 0.2) is 24.3 Å². The fraction of sp³-hybridized carbons (Fsp3) is 0.471. The molecule has 1 aromatic heterocycles. The van der Waals surface area contributed by atoms with E-state index in [0.717, 1.165) is 11.4 Å². The molecule has 2 aromatic rings. The van der Waals surface area contributed by atoms with Crippen LogP contribution in [0, 0.1) is 5.92 Å². The highest BCUT2D eigenvalue weighted by Gasteiger charge is 2.27. The Morgan fingerprint density at radius 3 is 2.55 bits per heavy atom. The molecule has 0 radical (unpaired) electrons. The van der Waals surface area contributed by atoms with E-state index in [4.69, 9.17) is 5.11 Å². The molecule has 1 aliphatic heterocycles. The Kier molecular flexibility index (Phi) is 3.51. The second-order valence-corrected chi connectivity index (χ2v) is 6.93. The summed E-state index contributed by atoms with van der Waals surface area (Å²) in [5, 5.41) is 13.7. The van der Waals surface area contributed by atoms with Crippen molar-refractivity contribution in [2.24, 2.45) is 5.92 Å². The molecular weight excluding hydrogens is 278 g/mol. The molecule has 0 aliphatic carbocycles. The van der Waals surface area contributed by atoms with Crippen LogP contribution in [0.3, 0.4) is 0 Å². The van der Waals surface area contributed by atoms with Gasteiger partial charge in [0.25, 0.3) is 0 Å². The van der Waals surface area contributed by atoms with Crippen LogP contribution >= 0.6 is 0 Å². The predicted octanol–water partition coefficient (Wildman–Crippen LogP) is 2.89. The van der Waals surface area contributed by atoms with E-state index in [0.29, 0.717) is 25.2 Å². The van der Waals surface area contributed by atoms with Crippen LogP contribution in [0.5, 0.6) is 0 Å². The summed E-state index contributed by atoms with van der Waals surface area (Å²) in [5.41, 5.74) is 2.36. The first-order valence-electron chi connectivity index (χ1n) is 7.62. The highest BCUT2D eigenvalue weighted by atomic mass is 16.4. The zero-order chi connectivity index (χ0) is 15.9. The van der Waals surface area contributed by atoms with Gasteiger partial charge in [0, 0.05) is 18.5 Å². The van der Waals surface area contributed by atoms with Gasteiger partial charge in [0.1, 0.15) is 5.82 Å². The van der Waals surface area contributed by atoms with Crippen LogP contribution in [0.4, 0.5) is 0 Å². The second kappa shape index (κ2) is 5.23. The molecule has 0 fully saturated rings. The van der Waals surface area contributed by atoms with Crippen LogP contribution < -0.4 is 0 Å². The molecule has 3 rings (SSSR count). The standard InChI is InChI=1S/C17H21N3O2/c1-17(2,3)13-6-4-11(5-7-13)15-18-14-10-12(16(21)22)8-9-20(14)19-15/h4-7,12H,8-10H2,1-3H3,(H,21,22). The number of fused-ring (bicyclic) bond motifs is 1. The van der Waals surface area contributed by atoms with E-state index in [1.54, 1.807) is 0 Å². The van der Waals surface area contributed by atoms with E-state index in [2.05, 4.69) is 43.0 Å². The van der Waals surface area contributed by atoms with Crippen LogP contribution in [-0.2, 0) is 23.2 Å². The number of nitrogens with zero attached hydrogens (tertiary/aromatic N) is 3. The number of rotatable bonds is 2. The monoisotopic (exact) mass is 299 g/mol. The lowest BCUT2D eigenvalue weighted by Gasteiger charge is -2.18. The number of carboxylic acids is 1. The maximum absolute atomic E-state index is 11.1. The molecule has 116 valence electrons. The molecule has 1 aliphatic rings. The van der Waals surface area contributed by atoms with Crippen LogP contribution in [-0.4, -0.2) is 25.8 Å². The van der Waals surface area contributed by atoms with Crippen molar-refractivity contribution < 1.29 is 9.90 Å². The lowest BCUT2D eigenvalue weighted by molar-refractivity contribution is -0.142. The normalized spacial score (nSPS) is 18.0. The second-order valence-electron chi connectivity index (χ2n) is 6.93. The highest BCUT2D eigenvalue weighted by molar-refractivity contribution is 5.70. The maximum atomic E-state index is 11.1. The third-order valence-electron chi connectivity index (χ3n) is 4.23. The first-order valence-corrected chi connectivity index (χ1v) is 7.62. The Hall–Kier alpha value is -2.17. The van der Waals surface area contributed by atoms with Crippen molar-refractivity contribution in [2.75, 3.05) is 0 Å². The van der Waals surface area contributed by atoms with Crippen molar-refractivity contribution in [2.45, 2.75) is 45.6 Å². The van der Waals surface area contributed by atoms with Crippen molar-refractivity contribution in [1.82, 2.24) is 14.8 Å². The van der Waals surface area contributed by atoms with Crippen molar-refractivity contribution in [3.63, 3.8) is 0 Å². The molecule has 1 aromatic carbocycles. The number of benzene rings is 1. The topological polar surface area (TPSA) is 68.0 Å². The van der Waals surface area contributed by atoms with Gasteiger partial charge in [-0.05, 0) is 17.4 Å². The van der Waals surface area contributed by atoms with Gasteiger partial charge in [-0.3, -0.25) is 4.79 Å². The van der Waals surface area contributed by atoms with E-state index < -0.39 is 5.97 Å². The number of carbonyl (C=O) groups is 1. The minimum Gasteiger partial charge on any atom is -0.481 e. The third kappa shape index (κ3) is 2.75. The molecule has 2 heterocycles. The molecule has 22 heavy (non-hydrogen) atoms. The Balaban J connectivity index is 1.87. The first kappa shape index (κ1) is 14.8. The van der Waals surface area contributed by atoms with Gasteiger partial charge in [0.15, 0.2) is 5.82 Å². The fourth-order valence-electron chi connectivity index (χ4n) is 2.76. The van der Waals surface area contributed by atoms with Gasteiger partial charge in [-0.1, -0.05) is 45.0 Å². The molecule has 1 N–H and O–H groups in total. The van der Waals surface area contributed by atoms with Gasteiger partial charge >= 0.3 is 5.97 Å². The Morgan fingerprint density at radius 1 is 1.27 bits per heavy atom. The Morgan fingerprint density at radius 2 is 1.95 bits per heavy atom. The number of aromatic nitrogens is 3. The van der Waals surface area contributed by atoms with Crippen molar-refractivity contribution in [3.8, 4) is 11.4 Å². The number of carboxylic acid groups (broad SMARTS) is 1. The number of hydrogen-bond acceptors (Lipinski definition) is 3. The SMILES string of the molecule is CC(C)(C)c1ccc(-c2nc3n(n2)CCC(C(=O)O)C3)cc1. The smallest absolute Gasteiger partial charge is 0.307 e. The predicted molar refractivity (Wildman–Crippen MR) is 83.6 cm³/mol. The van der Waals surface area contributed by atoms with Crippen LogP contribution in [0.25, 0.3) is 11.4 Å². The van der Waals surface area contributed by atoms with Crippen LogP contribution in [0.1, 0.15) is 38.6 Å². The van der Waals surface area contributed by atoms with E-state index in [1.807, 2.05) is 16.8 Å². The van der Waals surface area contributed by atoms with E-state index >= 15 is 0 Å². The summed E-state index contributed by atoms with van der Waals surface area (Å²) < 4.78 is 1.84. The quantitative estimate of drug-likeness (QED) is 0.926. The van der Waals surface area contributed by atoms with Gasteiger partial charge < -0.3 is 5.11 Å². The molecule has 0 saturated carbocycles. The van der Waals surface area contributed by atoms with Gasteiger partial charge in [0.2, 0.25) is 0 Å².